The fourth-order valence-corrected chi connectivity index (χ4v) is 3.10. The first-order chi connectivity index (χ1) is 8.68. The number of halogens is 1. The highest BCUT2D eigenvalue weighted by Gasteiger charge is 2.18. The van der Waals surface area contributed by atoms with Gasteiger partial charge >= 0.3 is 0 Å². The molecule has 1 aromatic carbocycles. The Labute approximate surface area is 117 Å². The summed E-state index contributed by atoms with van der Waals surface area (Å²) in [5.41, 5.74) is 7.25. The zero-order chi connectivity index (χ0) is 13.0. The van der Waals surface area contributed by atoms with Gasteiger partial charge in [0.15, 0.2) is 0 Å². The minimum atomic E-state index is 0.0358. The van der Waals surface area contributed by atoms with Crippen LogP contribution in [0.25, 0.3) is 0 Å². The van der Waals surface area contributed by atoms with Crippen LogP contribution in [0.2, 0.25) is 5.02 Å². The first-order valence-electron chi connectivity index (χ1n) is 5.75. The highest BCUT2D eigenvalue weighted by molar-refractivity contribution is 7.99. The second-order valence-electron chi connectivity index (χ2n) is 4.11. The molecule has 0 radical (unpaired) electrons. The molecule has 2 atom stereocenters. The monoisotopic (exact) mass is 278 g/mol. The molecule has 2 N–H and O–H groups in total. The molecule has 4 heteroatoms. The molecule has 0 amide bonds. The molecule has 0 saturated heterocycles. The average molecular weight is 279 g/mol. The fourth-order valence-electron chi connectivity index (χ4n) is 1.71. The Morgan fingerprint density at radius 1 is 1.17 bits per heavy atom. The van der Waals surface area contributed by atoms with Crippen LogP contribution in [0, 0.1) is 0 Å². The van der Waals surface area contributed by atoms with Crippen molar-refractivity contribution in [1.82, 2.24) is 4.98 Å². The lowest BCUT2D eigenvalue weighted by atomic mass is 10.1. The van der Waals surface area contributed by atoms with Gasteiger partial charge in [0.25, 0.3) is 0 Å². The number of hydrogen-bond donors (Lipinski definition) is 1. The van der Waals surface area contributed by atoms with Crippen molar-refractivity contribution in [3.8, 4) is 0 Å². The van der Waals surface area contributed by atoms with Gasteiger partial charge in [-0.05, 0) is 36.8 Å². The third kappa shape index (κ3) is 3.25. The van der Waals surface area contributed by atoms with Gasteiger partial charge in [-0.2, -0.15) is 0 Å². The van der Waals surface area contributed by atoms with E-state index in [1.807, 2.05) is 43.3 Å². The number of aromatic nitrogens is 1. The molecule has 2 aromatic rings. The summed E-state index contributed by atoms with van der Waals surface area (Å²) in [6, 6.07) is 11.9. The Hall–Kier alpha value is -1.03. The van der Waals surface area contributed by atoms with Crippen LogP contribution in [0.5, 0.6) is 0 Å². The van der Waals surface area contributed by atoms with Crippen LogP contribution in [0.3, 0.4) is 0 Å². The van der Waals surface area contributed by atoms with E-state index in [1.54, 1.807) is 24.2 Å². The van der Waals surface area contributed by atoms with Crippen LogP contribution in [-0.4, -0.2) is 11.0 Å². The van der Waals surface area contributed by atoms with Gasteiger partial charge in [-0.3, -0.25) is 4.98 Å². The largest absolute Gasteiger partial charge is 0.327 e. The molecular weight excluding hydrogens is 264 g/mol. The van der Waals surface area contributed by atoms with E-state index >= 15 is 0 Å². The van der Waals surface area contributed by atoms with Crippen LogP contribution >= 0.6 is 23.4 Å². The van der Waals surface area contributed by atoms with Gasteiger partial charge in [-0.25, -0.2) is 0 Å². The number of nitrogens with zero attached hydrogens (tertiary/aromatic N) is 1. The van der Waals surface area contributed by atoms with Crippen LogP contribution in [0.15, 0.2) is 53.7 Å². The molecule has 0 bridgehead atoms. The summed E-state index contributed by atoms with van der Waals surface area (Å²) in [6.45, 7) is 2.01. The Morgan fingerprint density at radius 2 is 1.83 bits per heavy atom. The zero-order valence-electron chi connectivity index (χ0n) is 10.1. The van der Waals surface area contributed by atoms with Gasteiger partial charge in [0.1, 0.15) is 0 Å². The van der Waals surface area contributed by atoms with Gasteiger partial charge in [-0.15, -0.1) is 11.8 Å². The lowest BCUT2D eigenvalue weighted by Gasteiger charge is -2.21. The summed E-state index contributed by atoms with van der Waals surface area (Å²) in [5.74, 6) is 0. The standard InChI is InChI=1S/C14H15ClN2S/c1-10(16)14(11-6-8-17-9-7-11)18-13-5-3-2-4-12(13)15/h2-10,14H,16H2,1H3. The highest BCUT2D eigenvalue weighted by atomic mass is 35.5. The van der Waals surface area contributed by atoms with E-state index in [-0.39, 0.29) is 11.3 Å². The van der Waals surface area contributed by atoms with Crippen molar-refractivity contribution in [2.45, 2.75) is 23.1 Å². The Kier molecular flexibility index (Phi) is 4.64. The molecule has 0 saturated carbocycles. The van der Waals surface area contributed by atoms with E-state index in [9.17, 15) is 0 Å². The van der Waals surface area contributed by atoms with Crippen molar-refractivity contribution in [1.29, 1.82) is 0 Å². The van der Waals surface area contributed by atoms with Crippen molar-refractivity contribution in [3.05, 3.63) is 59.4 Å². The van der Waals surface area contributed by atoms with Crippen LogP contribution in [-0.2, 0) is 0 Å². The molecule has 2 rings (SSSR count). The molecule has 1 heterocycles. The van der Waals surface area contributed by atoms with Crippen molar-refractivity contribution >= 4 is 23.4 Å². The lowest BCUT2D eigenvalue weighted by Crippen LogP contribution is -2.22. The molecule has 0 fully saturated rings. The zero-order valence-corrected chi connectivity index (χ0v) is 11.7. The summed E-state index contributed by atoms with van der Waals surface area (Å²) in [6.07, 6.45) is 3.58. The lowest BCUT2D eigenvalue weighted by molar-refractivity contribution is 0.720. The summed E-state index contributed by atoms with van der Waals surface area (Å²) in [4.78, 5) is 5.09. The van der Waals surface area contributed by atoms with E-state index < -0.39 is 0 Å². The van der Waals surface area contributed by atoms with E-state index in [1.165, 1.54) is 5.56 Å². The van der Waals surface area contributed by atoms with Crippen molar-refractivity contribution < 1.29 is 0 Å². The first-order valence-corrected chi connectivity index (χ1v) is 7.01. The molecule has 0 aliphatic carbocycles. The average Bonchev–Trinajstić information content (AvgIpc) is 2.38. The maximum absolute atomic E-state index is 6.19. The molecule has 2 nitrogen and oxygen atoms in total. The van der Waals surface area contributed by atoms with Gasteiger partial charge < -0.3 is 5.73 Å². The molecule has 0 aliphatic rings. The molecular formula is C14H15ClN2S. The van der Waals surface area contributed by atoms with Crippen LogP contribution < -0.4 is 5.73 Å². The first kappa shape index (κ1) is 13.4. The second-order valence-corrected chi connectivity index (χ2v) is 5.70. The maximum Gasteiger partial charge on any atom is 0.0542 e. The highest BCUT2D eigenvalue weighted by Crippen LogP contribution is 2.39. The molecule has 0 aliphatic heterocycles. The fraction of sp³-hybridized carbons (Fsp3) is 0.214. The van der Waals surface area contributed by atoms with Crippen LogP contribution in [0.4, 0.5) is 0 Å². The minimum absolute atomic E-state index is 0.0358. The number of rotatable bonds is 4. The second kappa shape index (κ2) is 6.23. The van der Waals surface area contributed by atoms with E-state index in [0.29, 0.717) is 0 Å². The van der Waals surface area contributed by atoms with Crippen LogP contribution in [0.1, 0.15) is 17.7 Å². The summed E-state index contributed by atoms with van der Waals surface area (Å²) in [5, 5.41) is 0.940. The molecule has 1 aromatic heterocycles. The summed E-state index contributed by atoms with van der Waals surface area (Å²) in [7, 11) is 0. The Morgan fingerprint density at radius 3 is 2.44 bits per heavy atom. The van der Waals surface area contributed by atoms with Gasteiger partial charge in [0.05, 0.1) is 5.02 Å². The Balaban J connectivity index is 2.26. The Bertz CT molecular complexity index is 502. The quantitative estimate of drug-likeness (QED) is 0.862. The van der Waals surface area contributed by atoms with Gasteiger partial charge in [-0.1, -0.05) is 23.7 Å². The summed E-state index contributed by atoms with van der Waals surface area (Å²) >= 11 is 7.88. The minimum Gasteiger partial charge on any atom is -0.327 e. The number of hydrogen-bond acceptors (Lipinski definition) is 3. The molecule has 2 unspecified atom stereocenters. The number of nitrogens with two attached hydrogens (primary N) is 1. The van der Waals surface area contributed by atoms with Crippen molar-refractivity contribution in [2.24, 2.45) is 5.73 Å². The smallest absolute Gasteiger partial charge is 0.0542 e. The topological polar surface area (TPSA) is 38.9 Å². The van der Waals surface area contributed by atoms with Crippen molar-refractivity contribution in [3.63, 3.8) is 0 Å². The number of benzene rings is 1. The third-order valence-corrected chi connectivity index (χ3v) is 4.61. The van der Waals surface area contributed by atoms with Gasteiger partial charge in [0, 0.05) is 28.6 Å². The SMILES string of the molecule is CC(N)C(Sc1ccccc1Cl)c1ccncc1. The maximum atomic E-state index is 6.19. The van der Waals surface area contributed by atoms with E-state index in [4.69, 9.17) is 17.3 Å². The molecule has 94 valence electrons. The van der Waals surface area contributed by atoms with Crippen molar-refractivity contribution in [2.75, 3.05) is 0 Å². The van der Waals surface area contributed by atoms with Gasteiger partial charge in [0.2, 0.25) is 0 Å². The van der Waals surface area contributed by atoms with E-state index in [0.717, 1.165) is 9.92 Å². The predicted molar refractivity (Wildman–Crippen MR) is 77.9 cm³/mol. The van der Waals surface area contributed by atoms with E-state index in [2.05, 4.69) is 4.98 Å². The summed E-state index contributed by atoms with van der Waals surface area (Å²) < 4.78 is 0. The number of thioether (sulfide) groups is 1. The predicted octanol–water partition coefficient (Wildman–Crippen LogP) is 3.92. The number of pyridine rings is 1. The third-order valence-electron chi connectivity index (χ3n) is 2.60. The molecule has 18 heavy (non-hydrogen) atoms. The molecule has 0 spiro atoms. The normalized spacial score (nSPS) is 14.2.